The number of carboxylic acids is 1. The molecule has 3 amide bonds. The van der Waals surface area contributed by atoms with Gasteiger partial charge in [0, 0.05) is 24.1 Å². The normalized spacial score (nSPS) is 14.8. The summed E-state index contributed by atoms with van der Waals surface area (Å²) in [6.45, 7) is 3.50. The van der Waals surface area contributed by atoms with Crippen molar-refractivity contribution in [3.05, 3.63) is 18.2 Å². The second-order valence-corrected chi connectivity index (χ2v) is 8.89. The SMILES string of the molecule is CSCCC(NC(=O)C(NC(=O)C(N)CS)C(C)C)C(=O)NC(Cc1cnc[nH]1)C(=O)O. The van der Waals surface area contributed by atoms with Crippen LogP contribution in [-0.4, -0.2) is 80.7 Å². The lowest BCUT2D eigenvalue weighted by Crippen LogP contribution is -2.58. The van der Waals surface area contributed by atoms with Gasteiger partial charge < -0.3 is 31.8 Å². The summed E-state index contributed by atoms with van der Waals surface area (Å²) in [6.07, 6.45) is 5.03. The summed E-state index contributed by atoms with van der Waals surface area (Å²) in [4.78, 5) is 56.1. The lowest BCUT2D eigenvalue weighted by molar-refractivity contribution is -0.142. The zero-order valence-corrected chi connectivity index (χ0v) is 20.0. The number of carbonyl (C=O) groups excluding carboxylic acids is 3. The third kappa shape index (κ3) is 9.09. The maximum Gasteiger partial charge on any atom is 0.326 e. The largest absolute Gasteiger partial charge is 0.480 e. The molecule has 32 heavy (non-hydrogen) atoms. The lowest BCUT2D eigenvalue weighted by atomic mass is 10.0. The first-order valence-corrected chi connectivity index (χ1v) is 12.1. The molecule has 180 valence electrons. The Balaban J connectivity index is 2.91. The zero-order chi connectivity index (χ0) is 24.3. The second kappa shape index (κ2) is 14.0. The van der Waals surface area contributed by atoms with Gasteiger partial charge in [0.25, 0.3) is 0 Å². The molecule has 0 aliphatic carbocycles. The first kappa shape index (κ1) is 27.8. The van der Waals surface area contributed by atoms with E-state index in [1.54, 1.807) is 13.8 Å². The predicted octanol–water partition coefficient (Wildman–Crippen LogP) is -0.843. The Morgan fingerprint density at radius 3 is 2.31 bits per heavy atom. The highest BCUT2D eigenvalue weighted by molar-refractivity contribution is 7.98. The summed E-state index contributed by atoms with van der Waals surface area (Å²) in [5.41, 5.74) is 6.22. The number of hydrogen-bond donors (Lipinski definition) is 7. The fourth-order valence-electron chi connectivity index (χ4n) is 2.73. The summed E-state index contributed by atoms with van der Waals surface area (Å²) in [6, 6.07) is -3.97. The Morgan fingerprint density at radius 2 is 1.81 bits per heavy atom. The number of hydrogen-bond acceptors (Lipinski definition) is 8. The number of thiol groups is 1. The molecule has 0 aromatic carbocycles. The average molecular weight is 489 g/mol. The van der Waals surface area contributed by atoms with E-state index in [4.69, 9.17) is 5.73 Å². The first-order chi connectivity index (χ1) is 15.1. The molecular weight excluding hydrogens is 456 g/mol. The van der Waals surface area contributed by atoms with Crippen LogP contribution in [0, 0.1) is 5.92 Å². The van der Waals surface area contributed by atoms with Gasteiger partial charge in [-0.1, -0.05) is 13.8 Å². The number of aliphatic carboxylic acids is 1. The van der Waals surface area contributed by atoms with Crippen LogP contribution in [0.15, 0.2) is 12.5 Å². The molecule has 0 spiro atoms. The number of aromatic amines is 1. The monoisotopic (exact) mass is 488 g/mol. The number of nitrogens with two attached hydrogens (primary N) is 1. The van der Waals surface area contributed by atoms with Crippen LogP contribution in [0.4, 0.5) is 0 Å². The quantitative estimate of drug-likeness (QED) is 0.166. The number of rotatable bonds is 14. The Bertz CT molecular complexity index is 761. The van der Waals surface area contributed by atoms with Gasteiger partial charge >= 0.3 is 5.97 Å². The number of nitrogens with zero attached hydrogens (tertiary/aromatic N) is 1. The molecule has 0 aliphatic rings. The van der Waals surface area contributed by atoms with E-state index < -0.39 is 47.9 Å². The van der Waals surface area contributed by atoms with Gasteiger partial charge in [-0.2, -0.15) is 24.4 Å². The predicted molar refractivity (Wildman–Crippen MR) is 125 cm³/mol. The van der Waals surface area contributed by atoms with Gasteiger partial charge in [-0.25, -0.2) is 9.78 Å². The average Bonchev–Trinajstić information content (AvgIpc) is 3.26. The molecule has 1 rings (SSSR count). The van der Waals surface area contributed by atoms with E-state index in [0.717, 1.165) is 0 Å². The third-order valence-electron chi connectivity index (χ3n) is 4.62. The molecule has 0 saturated carbocycles. The van der Waals surface area contributed by atoms with Gasteiger partial charge in [0.2, 0.25) is 17.7 Å². The van der Waals surface area contributed by atoms with Crippen LogP contribution < -0.4 is 21.7 Å². The van der Waals surface area contributed by atoms with Crippen LogP contribution in [0.25, 0.3) is 0 Å². The van der Waals surface area contributed by atoms with Gasteiger partial charge in [0.1, 0.15) is 18.1 Å². The highest BCUT2D eigenvalue weighted by atomic mass is 32.2. The second-order valence-electron chi connectivity index (χ2n) is 7.54. The van der Waals surface area contributed by atoms with E-state index in [0.29, 0.717) is 11.4 Å². The third-order valence-corrected chi connectivity index (χ3v) is 5.65. The summed E-state index contributed by atoms with van der Waals surface area (Å²) < 4.78 is 0. The summed E-state index contributed by atoms with van der Waals surface area (Å²) in [5, 5.41) is 17.2. The van der Waals surface area contributed by atoms with Crippen molar-refractivity contribution in [3.63, 3.8) is 0 Å². The molecule has 11 nitrogen and oxygen atoms in total. The fraction of sp³-hybridized carbons (Fsp3) is 0.632. The number of thioether (sulfide) groups is 1. The number of H-pyrrole nitrogens is 1. The Hall–Kier alpha value is -2.25. The number of carbonyl (C=O) groups is 4. The maximum absolute atomic E-state index is 12.9. The molecule has 13 heteroatoms. The van der Waals surface area contributed by atoms with E-state index in [2.05, 4.69) is 38.5 Å². The molecule has 1 heterocycles. The van der Waals surface area contributed by atoms with Crippen molar-refractivity contribution in [2.75, 3.05) is 17.8 Å². The topological polar surface area (TPSA) is 179 Å². The number of imidazole rings is 1. The van der Waals surface area contributed by atoms with E-state index >= 15 is 0 Å². The van der Waals surface area contributed by atoms with E-state index in [-0.39, 0.29) is 24.5 Å². The molecule has 1 aromatic heterocycles. The molecule has 4 unspecified atom stereocenters. The Labute approximate surface area is 196 Å². The van der Waals surface area contributed by atoms with Gasteiger partial charge in [0.15, 0.2) is 0 Å². The Morgan fingerprint density at radius 1 is 1.16 bits per heavy atom. The van der Waals surface area contributed by atoms with Crippen molar-refractivity contribution in [3.8, 4) is 0 Å². The van der Waals surface area contributed by atoms with Crippen molar-refractivity contribution in [2.24, 2.45) is 11.7 Å². The van der Waals surface area contributed by atoms with Crippen molar-refractivity contribution < 1.29 is 24.3 Å². The smallest absolute Gasteiger partial charge is 0.326 e. The first-order valence-electron chi connectivity index (χ1n) is 10.1. The van der Waals surface area contributed by atoms with E-state index in [1.165, 1.54) is 24.3 Å². The number of nitrogens with one attached hydrogen (secondary N) is 4. The van der Waals surface area contributed by atoms with E-state index in [9.17, 15) is 24.3 Å². The molecule has 1 aromatic rings. The van der Waals surface area contributed by atoms with Crippen molar-refractivity contribution >= 4 is 48.1 Å². The number of aromatic nitrogens is 2. The van der Waals surface area contributed by atoms with Crippen molar-refractivity contribution in [1.29, 1.82) is 0 Å². The van der Waals surface area contributed by atoms with Crippen LogP contribution in [0.5, 0.6) is 0 Å². The van der Waals surface area contributed by atoms with Gasteiger partial charge in [0.05, 0.1) is 12.4 Å². The molecule has 0 aliphatic heterocycles. The minimum absolute atomic E-state index is 0.0105. The van der Waals surface area contributed by atoms with Gasteiger partial charge in [-0.05, 0) is 24.3 Å². The minimum Gasteiger partial charge on any atom is -0.480 e. The van der Waals surface area contributed by atoms with Gasteiger partial charge in [-0.15, -0.1) is 0 Å². The summed E-state index contributed by atoms with van der Waals surface area (Å²) in [7, 11) is 0. The lowest BCUT2D eigenvalue weighted by Gasteiger charge is -2.26. The fourth-order valence-corrected chi connectivity index (χ4v) is 3.37. The Kier molecular flexibility index (Phi) is 12.2. The van der Waals surface area contributed by atoms with E-state index in [1.807, 2.05) is 6.26 Å². The van der Waals surface area contributed by atoms with Crippen LogP contribution in [-0.2, 0) is 25.6 Å². The van der Waals surface area contributed by atoms with Crippen molar-refractivity contribution in [1.82, 2.24) is 25.9 Å². The van der Waals surface area contributed by atoms with Crippen molar-refractivity contribution in [2.45, 2.75) is 50.9 Å². The van der Waals surface area contributed by atoms with Crippen LogP contribution in [0.1, 0.15) is 26.0 Å². The summed E-state index contributed by atoms with van der Waals surface area (Å²) >= 11 is 5.47. The van der Waals surface area contributed by atoms with Crippen LogP contribution in [0.2, 0.25) is 0 Å². The molecule has 0 fully saturated rings. The standard InChI is InChI=1S/C19H32N6O5S2/c1-10(2)15(25-16(26)12(20)8-31)18(28)23-13(4-5-32-3)17(27)24-14(19(29)30)6-11-7-21-9-22-11/h7,9-10,12-15,31H,4-6,8,20H2,1-3H3,(H,21,22)(H,23,28)(H,24,27)(H,25,26)(H,29,30). The molecule has 0 saturated heterocycles. The molecule has 7 N–H and O–H groups in total. The number of carboxylic acid groups (broad SMARTS) is 1. The molecular formula is C19H32N6O5S2. The summed E-state index contributed by atoms with van der Waals surface area (Å²) in [5.74, 6) is -2.52. The van der Waals surface area contributed by atoms with Crippen LogP contribution in [0.3, 0.4) is 0 Å². The zero-order valence-electron chi connectivity index (χ0n) is 18.3. The maximum atomic E-state index is 12.9. The van der Waals surface area contributed by atoms with Crippen LogP contribution >= 0.6 is 24.4 Å². The van der Waals surface area contributed by atoms with Gasteiger partial charge in [-0.3, -0.25) is 14.4 Å². The highest BCUT2D eigenvalue weighted by Gasteiger charge is 2.31. The number of amides is 3. The minimum atomic E-state index is -1.21. The highest BCUT2D eigenvalue weighted by Crippen LogP contribution is 2.07. The molecule has 4 atom stereocenters. The molecule has 0 radical (unpaired) electrons. The molecule has 0 bridgehead atoms.